The van der Waals surface area contributed by atoms with Crippen LogP contribution in [0.15, 0.2) is 24.5 Å². The van der Waals surface area contributed by atoms with E-state index in [0.717, 1.165) is 17.7 Å². The van der Waals surface area contributed by atoms with Crippen LogP contribution in [0.25, 0.3) is 0 Å². The van der Waals surface area contributed by atoms with E-state index in [2.05, 4.69) is 16.9 Å². The monoisotopic (exact) mass is 305 g/mol. The Bertz CT molecular complexity index is 766. The fourth-order valence-corrected chi connectivity index (χ4v) is 2.82. The quantitative estimate of drug-likeness (QED) is 0.494. The minimum atomic E-state index is -0.359. The molecule has 1 aromatic carbocycles. The van der Waals surface area contributed by atoms with Crippen molar-refractivity contribution in [3.8, 4) is 0 Å². The summed E-state index contributed by atoms with van der Waals surface area (Å²) in [6, 6.07) is 5.26. The predicted octanol–water partition coefficient (Wildman–Crippen LogP) is 2.27. The van der Waals surface area contributed by atoms with Crippen molar-refractivity contribution in [2.75, 3.05) is 4.90 Å². The summed E-state index contributed by atoms with van der Waals surface area (Å²) in [5, 5.41) is 15.1. The maximum atomic E-state index is 10.9. The summed E-state index contributed by atoms with van der Waals surface area (Å²) < 4.78 is 4.19. The van der Waals surface area contributed by atoms with Crippen LogP contribution < -0.4 is 4.90 Å². The molecule has 0 unspecified atom stereocenters. The van der Waals surface area contributed by atoms with Crippen LogP contribution in [0.3, 0.4) is 0 Å². The van der Waals surface area contributed by atoms with Crippen molar-refractivity contribution in [2.45, 2.75) is 26.1 Å². The third-order valence-electron chi connectivity index (χ3n) is 3.80. The van der Waals surface area contributed by atoms with Crippen LogP contribution >= 0.6 is 12.2 Å². The second-order valence-electron chi connectivity index (χ2n) is 5.26. The van der Waals surface area contributed by atoms with Crippen molar-refractivity contribution < 1.29 is 4.92 Å². The van der Waals surface area contributed by atoms with Crippen LogP contribution in [0.2, 0.25) is 0 Å². The molecule has 0 amide bonds. The van der Waals surface area contributed by atoms with Crippen molar-refractivity contribution >= 4 is 23.6 Å². The second-order valence-corrected chi connectivity index (χ2v) is 5.62. The van der Waals surface area contributed by atoms with Gasteiger partial charge in [0, 0.05) is 30.9 Å². The molecule has 2 heterocycles. The molecule has 1 aliphatic rings. The van der Waals surface area contributed by atoms with Gasteiger partial charge in [0.05, 0.1) is 4.92 Å². The van der Waals surface area contributed by atoms with E-state index in [-0.39, 0.29) is 16.7 Å². The van der Waals surface area contributed by atoms with Gasteiger partial charge in [0.15, 0.2) is 4.77 Å². The first-order valence-electron chi connectivity index (χ1n) is 6.60. The highest BCUT2D eigenvalue weighted by atomic mass is 32.1. The average molecular weight is 305 g/mol. The molecule has 1 aromatic heterocycles. The average Bonchev–Trinajstić information content (AvgIpc) is 2.92. The number of nitro groups is 1. The highest BCUT2D eigenvalue weighted by Crippen LogP contribution is 2.34. The molecule has 1 atom stereocenters. The van der Waals surface area contributed by atoms with Gasteiger partial charge in [-0.3, -0.25) is 10.1 Å². The normalized spacial score (nSPS) is 17.0. The minimum Gasteiger partial charge on any atom is -0.349 e. The predicted molar refractivity (Wildman–Crippen MR) is 80.8 cm³/mol. The summed E-state index contributed by atoms with van der Waals surface area (Å²) in [5.41, 5.74) is 2.15. The molecular weight excluding hydrogens is 290 g/mol. The summed E-state index contributed by atoms with van der Waals surface area (Å²) in [4.78, 5) is 12.7. The van der Waals surface area contributed by atoms with Crippen LogP contribution in [-0.2, 0) is 20.1 Å². The lowest BCUT2D eigenvalue weighted by Gasteiger charge is -2.24. The molecule has 0 aliphatic carbocycles. The number of rotatable bonds is 3. The van der Waals surface area contributed by atoms with Crippen molar-refractivity contribution in [1.82, 2.24) is 14.3 Å². The van der Waals surface area contributed by atoms with Crippen LogP contribution in [0.5, 0.6) is 0 Å². The summed E-state index contributed by atoms with van der Waals surface area (Å²) in [6.45, 7) is 2.64. The maximum Gasteiger partial charge on any atom is 0.269 e. The van der Waals surface area contributed by atoms with E-state index >= 15 is 0 Å². The number of fused-ring (bicyclic) bond motifs is 1. The van der Waals surface area contributed by atoms with Gasteiger partial charge in [-0.15, -0.1) is 0 Å². The van der Waals surface area contributed by atoms with Crippen molar-refractivity contribution in [3.63, 3.8) is 0 Å². The standard InChI is InChI=1S/C13H15N5O2S/c1-9-5-10-6-11(18(19)20)3-4-12(10)16(9)8-17-13(21)15(2)7-14-17/h3-4,6-7,9H,5,8H2,1-2H3/t9-/m0/s1. The first kappa shape index (κ1) is 13.7. The molecule has 1 aliphatic heterocycles. The van der Waals surface area contributed by atoms with E-state index in [1.54, 1.807) is 27.7 Å². The Labute approximate surface area is 126 Å². The first-order chi connectivity index (χ1) is 9.97. The van der Waals surface area contributed by atoms with Crippen LogP contribution in [0, 0.1) is 14.9 Å². The molecule has 3 rings (SSSR count). The lowest BCUT2D eigenvalue weighted by atomic mass is 10.1. The number of aromatic nitrogens is 3. The topological polar surface area (TPSA) is 69.1 Å². The first-order valence-corrected chi connectivity index (χ1v) is 7.00. The van der Waals surface area contributed by atoms with E-state index in [9.17, 15) is 10.1 Å². The number of benzene rings is 1. The van der Waals surface area contributed by atoms with E-state index in [0.29, 0.717) is 11.4 Å². The summed E-state index contributed by atoms with van der Waals surface area (Å²) in [7, 11) is 1.86. The lowest BCUT2D eigenvalue weighted by Crippen LogP contribution is -2.32. The minimum absolute atomic E-state index is 0.136. The van der Waals surface area contributed by atoms with Crippen LogP contribution in [0.4, 0.5) is 11.4 Å². The molecule has 0 spiro atoms. The van der Waals surface area contributed by atoms with Crippen molar-refractivity contribution in [2.24, 2.45) is 7.05 Å². The zero-order valence-corrected chi connectivity index (χ0v) is 12.6. The molecule has 7 nitrogen and oxygen atoms in total. The van der Waals surface area contributed by atoms with Gasteiger partial charge in [0.2, 0.25) is 0 Å². The number of anilines is 1. The number of hydrogen-bond donors (Lipinski definition) is 0. The molecular formula is C13H15N5O2S. The van der Waals surface area contributed by atoms with Gasteiger partial charge < -0.3 is 9.47 Å². The lowest BCUT2D eigenvalue weighted by molar-refractivity contribution is -0.384. The third kappa shape index (κ3) is 2.31. The van der Waals surface area contributed by atoms with Gasteiger partial charge >= 0.3 is 0 Å². The van der Waals surface area contributed by atoms with Gasteiger partial charge in [-0.25, -0.2) is 4.68 Å². The molecule has 8 heteroatoms. The van der Waals surface area contributed by atoms with Crippen LogP contribution in [-0.4, -0.2) is 25.3 Å². The Morgan fingerprint density at radius 3 is 2.90 bits per heavy atom. The number of aryl methyl sites for hydroxylation is 1. The van der Waals surface area contributed by atoms with Crippen LogP contribution in [0.1, 0.15) is 12.5 Å². The fraction of sp³-hybridized carbons (Fsp3) is 0.385. The van der Waals surface area contributed by atoms with E-state index < -0.39 is 0 Å². The summed E-state index contributed by atoms with van der Waals surface area (Å²) >= 11 is 5.30. The second kappa shape index (κ2) is 4.96. The Hall–Kier alpha value is -2.22. The van der Waals surface area contributed by atoms with E-state index in [4.69, 9.17) is 12.2 Å². The molecule has 0 bridgehead atoms. The molecule has 0 fully saturated rings. The highest BCUT2D eigenvalue weighted by Gasteiger charge is 2.28. The fourth-order valence-electron chi connectivity index (χ4n) is 2.67. The van der Waals surface area contributed by atoms with E-state index in [1.807, 2.05) is 13.1 Å². The molecule has 21 heavy (non-hydrogen) atoms. The Morgan fingerprint density at radius 2 is 2.29 bits per heavy atom. The largest absolute Gasteiger partial charge is 0.349 e. The van der Waals surface area contributed by atoms with Gasteiger partial charge in [-0.2, -0.15) is 5.10 Å². The summed E-state index contributed by atoms with van der Waals surface area (Å²) in [6.07, 6.45) is 2.47. The maximum absolute atomic E-state index is 10.9. The molecule has 0 N–H and O–H groups in total. The van der Waals surface area contributed by atoms with Gasteiger partial charge in [-0.1, -0.05) is 0 Å². The van der Waals surface area contributed by atoms with Gasteiger partial charge in [-0.05, 0) is 37.2 Å². The number of nitro benzene ring substituents is 1. The number of nitrogens with zero attached hydrogens (tertiary/aromatic N) is 5. The van der Waals surface area contributed by atoms with E-state index in [1.165, 1.54) is 0 Å². The highest BCUT2D eigenvalue weighted by molar-refractivity contribution is 7.71. The summed E-state index contributed by atoms with van der Waals surface area (Å²) in [5.74, 6) is 0. The zero-order chi connectivity index (χ0) is 15.1. The smallest absolute Gasteiger partial charge is 0.269 e. The Morgan fingerprint density at radius 1 is 1.52 bits per heavy atom. The number of non-ortho nitro benzene ring substituents is 1. The Kier molecular flexibility index (Phi) is 3.25. The van der Waals surface area contributed by atoms with Crippen molar-refractivity contribution in [3.05, 3.63) is 45.0 Å². The molecule has 110 valence electrons. The SMILES string of the molecule is C[C@H]1Cc2cc([N+](=O)[O-])ccc2N1Cn1ncn(C)c1=S. The van der Waals surface area contributed by atoms with Gasteiger partial charge in [0.25, 0.3) is 5.69 Å². The van der Waals surface area contributed by atoms with Crippen molar-refractivity contribution in [1.29, 1.82) is 0 Å². The third-order valence-corrected chi connectivity index (χ3v) is 4.30. The Balaban J connectivity index is 1.94. The zero-order valence-electron chi connectivity index (χ0n) is 11.8. The molecule has 2 aromatic rings. The molecule has 0 saturated heterocycles. The molecule has 0 radical (unpaired) electrons. The van der Waals surface area contributed by atoms with Gasteiger partial charge in [0.1, 0.15) is 13.0 Å². The molecule has 0 saturated carbocycles. The number of hydrogen-bond acceptors (Lipinski definition) is 5.